The van der Waals surface area contributed by atoms with Crippen LogP contribution in [0.5, 0.6) is 5.75 Å². The van der Waals surface area contributed by atoms with Gasteiger partial charge < -0.3 is 4.74 Å². The number of rotatable bonds is 6. The summed E-state index contributed by atoms with van der Waals surface area (Å²) >= 11 is 24.3. The molecule has 2 aromatic carbocycles. The molecular formula is C17H16Cl4N2O. The van der Waals surface area contributed by atoms with Crippen LogP contribution in [-0.2, 0) is 0 Å². The highest BCUT2D eigenvalue weighted by atomic mass is 35.5. The number of nitrogens with one attached hydrogen (secondary N) is 1. The minimum Gasteiger partial charge on any atom is -0.490 e. The maximum atomic E-state index is 6.23. The fourth-order valence-corrected chi connectivity index (χ4v) is 2.70. The summed E-state index contributed by atoms with van der Waals surface area (Å²) in [7, 11) is 0. The Morgan fingerprint density at radius 3 is 2.25 bits per heavy atom. The third kappa shape index (κ3) is 5.45. The minimum atomic E-state index is 0.383. The highest BCUT2D eigenvalue weighted by molar-refractivity contribution is 6.42. The van der Waals surface area contributed by atoms with Crippen LogP contribution in [0.1, 0.15) is 19.4 Å². The van der Waals surface area contributed by atoms with Crippen molar-refractivity contribution in [2.75, 3.05) is 12.0 Å². The van der Waals surface area contributed by atoms with Gasteiger partial charge in [0.2, 0.25) is 0 Å². The molecule has 2 aromatic rings. The van der Waals surface area contributed by atoms with E-state index in [2.05, 4.69) is 24.4 Å². The van der Waals surface area contributed by atoms with Gasteiger partial charge in [0, 0.05) is 0 Å². The molecule has 24 heavy (non-hydrogen) atoms. The third-order valence-corrected chi connectivity index (χ3v) is 4.21. The molecule has 0 fully saturated rings. The number of hydrazone groups is 1. The van der Waals surface area contributed by atoms with Gasteiger partial charge in [-0.3, -0.25) is 5.43 Å². The molecule has 1 N–H and O–H groups in total. The second-order valence-electron chi connectivity index (χ2n) is 5.52. The van der Waals surface area contributed by atoms with Crippen molar-refractivity contribution in [1.82, 2.24) is 0 Å². The SMILES string of the molecule is CC(C)COc1c(Cl)cc(C=NNc2ccc(Cl)c(Cl)c2)cc1Cl. The quantitative estimate of drug-likeness (QED) is 0.424. The van der Waals surface area contributed by atoms with Crippen LogP contribution in [0.4, 0.5) is 5.69 Å². The maximum Gasteiger partial charge on any atom is 0.156 e. The third-order valence-electron chi connectivity index (χ3n) is 2.91. The predicted molar refractivity (Wildman–Crippen MR) is 104 cm³/mol. The molecule has 0 bridgehead atoms. The fourth-order valence-electron chi connectivity index (χ4n) is 1.79. The van der Waals surface area contributed by atoms with E-state index in [4.69, 9.17) is 51.1 Å². The van der Waals surface area contributed by atoms with Gasteiger partial charge in [-0.25, -0.2) is 0 Å². The molecule has 2 rings (SSSR count). The van der Waals surface area contributed by atoms with Gasteiger partial charge in [0.05, 0.1) is 38.6 Å². The van der Waals surface area contributed by atoms with Crippen molar-refractivity contribution in [2.45, 2.75) is 13.8 Å². The van der Waals surface area contributed by atoms with Crippen LogP contribution in [0.25, 0.3) is 0 Å². The molecule has 0 spiro atoms. The van der Waals surface area contributed by atoms with Crippen LogP contribution >= 0.6 is 46.4 Å². The zero-order chi connectivity index (χ0) is 17.7. The number of nitrogens with zero attached hydrogens (tertiary/aromatic N) is 1. The average molecular weight is 406 g/mol. The molecular weight excluding hydrogens is 390 g/mol. The Hall–Kier alpha value is -1.13. The second-order valence-corrected chi connectivity index (χ2v) is 7.15. The first kappa shape index (κ1) is 19.2. The molecule has 3 nitrogen and oxygen atoms in total. The molecule has 0 unspecified atom stereocenters. The molecule has 0 atom stereocenters. The number of anilines is 1. The van der Waals surface area contributed by atoms with E-state index in [0.29, 0.717) is 38.4 Å². The zero-order valence-corrected chi connectivity index (χ0v) is 16.1. The predicted octanol–water partition coefficient (Wildman–Crippen LogP) is 6.78. The monoisotopic (exact) mass is 404 g/mol. The topological polar surface area (TPSA) is 33.6 Å². The van der Waals surface area contributed by atoms with E-state index in [9.17, 15) is 0 Å². The summed E-state index contributed by atoms with van der Waals surface area (Å²) in [4.78, 5) is 0. The van der Waals surface area contributed by atoms with E-state index in [1.165, 1.54) is 0 Å². The summed E-state index contributed by atoms with van der Waals surface area (Å²) < 4.78 is 5.63. The van der Waals surface area contributed by atoms with Gasteiger partial charge >= 0.3 is 0 Å². The van der Waals surface area contributed by atoms with E-state index in [1.807, 2.05) is 0 Å². The number of ether oxygens (including phenoxy) is 1. The van der Waals surface area contributed by atoms with Gasteiger partial charge in [-0.15, -0.1) is 0 Å². The molecule has 0 radical (unpaired) electrons. The zero-order valence-electron chi connectivity index (χ0n) is 13.1. The Labute approximate surface area is 161 Å². The Morgan fingerprint density at radius 1 is 1.00 bits per heavy atom. The Kier molecular flexibility index (Phi) is 7.05. The van der Waals surface area contributed by atoms with Crippen molar-refractivity contribution in [3.05, 3.63) is 56.0 Å². The van der Waals surface area contributed by atoms with Crippen molar-refractivity contribution in [1.29, 1.82) is 0 Å². The number of benzene rings is 2. The molecule has 0 saturated carbocycles. The average Bonchev–Trinajstić information content (AvgIpc) is 2.50. The van der Waals surface area contributed by atoms with Crippen LogP contribution in [0.2, 0.25) is 20.1 Å². The van der Waals surface area contributed by atoms with Crippen molar-refractivity contribution in [2.24, 2.45) is 11.0 Å². The standard InChI is InChI=1S/C17H16Cl4N2O/c1-10(2)9-24-17-15(20)5-11(6-16(17)21)8-22-23-12-3-4-13(18)14(19)7-12/h3-8,10,23H,9H2,1-2H3. The van der Waals surface area contributed by atoms with Crippen molar-refractivity contribution in [3.63, 3.8) is 0 Å². The smallest absolute Gasteiger partial charge is 0.156 e. The first-order valence-corrected chi connectivity index (χ1v) is 8.74. The number of hydrogen-bond donors (Lipinski definition) is 1. The van der Waals surface area contributed by atoms with E-state index >= 15 is 0 Å². The normalized spacial score (nSPS) is 11.3. The number of hydrogen-bond acceptors (Lipinski definition) is 3. The lowest BCUT2D eigenvalue weighted by molar-refractivity contribution is 0.271. The van der Waals surface area contributed by atoms with E-state index in [1.54, 1.807) is 36.5 Å². The van der Waals surface area contributed by atoms with Gasteiger partial charge in [-0.2, -0.15) is 5.10 Å². The van der Waals surface area contributed by atoms with Gasteiger partial charge in [0.25, 0.3) is 0 Å². The van der Waals surface area contributed by atoms with Crippen LogP contribution in [0.3, 0.4) is 0 Å². The molecule has 128 valence electrons. The Morgan fingerprint density at radius 2 is 1.67 bits per heavy atom. The Balaban J connectivity index is 2.08. The van der Waals surface area contributed by atoms with Crippen LogP contribution in [0, 0.1) is 5.92 Å². The van der Waals surface area contributed by atoms with Crippen molar-refractivity contribution < 1.29 is 4.74 Å². The lowest BCUT2D eigenvalue weighted by Gasteiger charge is -2.12. The van der Waals surface area contributed by atoms with Crippen molar-refractivity contribution >= 4 is 58.3 Å². The van der Waals surface area contributed by atoms with Crippen LogP contribution in [0.15, 0.2) is 35.4 Å². The molecule has 7 heteroatoms. The first-order chi connectivity index (χ1) is 11.4. The minimum absolute atomic E-state index is 0.383. The van der Waals surface area contributed by atoms with Gasteiger partial charge in [0.1, 0.15) is 0 Å². The van der Waals surface area contributed by atoms with E-state index < -0.39 is 0 Å². The lowest BCUT2D eigenvalue weighted by Crippen LogP contribution is -2.05. The summed E-state index contributed by atoms with van der Waals surface area (Å²) in [6.45, 7) is 4.65. The first-order valence-electron chi connectivity index (χ1n) is 7.22. The highest BCUT2D eigenvalue weighted by Crippen LogP contribution is 2.34. The molecule has 0 aliphatic carbocycles. The Bertz CT molecular complexity index is 724. The largest absolute Gasteiger partial charge is 0.490 e. The lowest BCUT2D eigenvalue weighted by atomic mass is 10.2. The summed E-state index contributed by atoms with van der Waals surface area (Å²) in [5.74, 6) is 0.871. The molecule has 0 amide bonds. The summed E-state index contributed by atoms with van der Waals surface area (Å²) in [5.41, 5.74) is 4.33. The maximum absolute atomic E-state index is 6.23. The molecule has 0 aliphatic rings. The van der Waals surface area contributed by atoms with E-state index in [0.717, 1.165) is 11.3 Å². The van der Waals surface area contributed by atoms with Crippen molar-refractivity contribution in [3.8, 4) is 5.75 Å². The molecule has 0 aromatic heterocycles. The highest BCUT2D eigenvalue weighted by Gasteiger charge is 2.10. The second kappa shape index (κ2) is 8.82. The number of halogens is 4. The molecule has 0 heterocycles. The summed E-state index contributed by atoms with van der Waals surface area (Å²) in [5, 5.41) is 5.96. The summed E-state index contributed by atoms with van der Waals surface area (Å²) in [6, 6.07) is 8.63. The van der Waals surface area contributed by atoms with Crippen LogP contribution < -0.4 is 10.2 Å². The van der Waals surface area contributed by atoms with E-state index in [-0.39, 0.29) is 0 Å². The van der Waals surface area contributed by atoms with Gasteiger partial charge in [-0.05, 0) is 41.8 Å². The fraction of sp³-hybridized carbons (Fsp3) is 0.235. The summed E-state index contributed by atoms with van der Waals surface area (Å²) in [6.07, 6.45) is 1.60. The van der Waals surface area contributed by atoms with Crippen LogP contribution in [-0.4, -0.2) is 12.8 Å². The van der Waals surface area contributed by atoms with Gasteiger partial charge in [-0.1, -0.05) is 60.3 Å². The molecule has 0 aliphatic heterocycles. The molecule has 0 saturated heterocycles. The van der Waals surface area contributed by atoms with Gasteiger partial charge in [0.15, 0.2) is 5.75 Å².